The number of hydrogen-bond acceptors (Lipinski definition) is 1. The van der Waals surface area contributed by atoms with Gasteiger partial charge in [-0.25, -0.2) is 0 Å². The van der Waals surface area contributed by atoms with E-state index in [4.69, 9.17) is 0 Å². The van der Waals surface area contributed by atoms with Crippen molar-refractivity contribution in [2.75, 3.05) is 0 Å². The summed E-state index contributed by atoms with van der Waals surface area (Å²) >= 11 is -0.456. The number of rotatable bonds is 0. The van der Waals surface area contributed by atoms with Gasteiger partial charge in [-0.2, -0.15) is 0 Å². The van der Waals surface area contributed by atoms with Crippen LogP contribution < -0.4 is 2.95 Å². The minimum absolute atomic E-state index is 0.456. The third kappa shape index (κ3) is 1.18. The first-order chi connectivity index (χ1) is 3.29. The first-order valence-corrected chi connectivity index (χ1v) is 4.16. The Bertz CT molecular complexity index is 144. The maximum absolute atomic E-state index is 10.3. The molecule has 0 unspecified atom stereocenters. The summed E-state index contributed by atoms with van der Waals surface area (Å²) in [6.07, 6.45) is 1.59. The third-order valence-electron chi connectivity index (χ3n) is 0.665. The van der Waals surface area contributed by atoms with E-state index >= 15 is 0 Å². The van der Waals surface area contributed by atoms with Gasteiger partial charge >= 0.3 is 51.6 Å². The Hall–Kier alpha value is -0.000390. The molecule has 0 bridgehead atoms. The molecule has 0 aromatic carbocycles. The normalized spacial score (nSPS) is 9.29. The maximum atomic E-state index is 10.3. The van der Waals surface area contributed by atoms with Gasteiger partial charge in [-0.15, -0.1) is 0 Å². The Morgan fingerprint density at radius 3 is 2.71 bits per heavy atom. The quantitative estimate of drug-likeness (QED) is 0.426. The molecule has 3 heteroatoms. The van der Waals surface area contributed by atoms with Gasteiger partial charge in [0, 0.05) is 0 Å². The van der Waals surface area contributed by atoms with E-state index < -0.39 is 20.7 Å². The molecule has 0 saturated carbocycles. The van der Waals surface area contributed by atoms with E-state index in [2.05, 4.69) is 0 Å². The monoisotopic (exact) mass is 213 g/mol. The van der Waals surface area contributed by atoms with Gasteiger partial charge in [-0.3, -0.25) is 0 Å². The van der Waals surface area contributed by atoms with Gasteiger partial charge in [0.2, 0.25) is 0 Å². The molecule has 0 aliphatic carbocycles. The van der Waals surface area contributed by atoms with Crippen molar-refractivity contribution >= 4 is 20.7 Å². The summed E-state index contributed by atoms with van der Waals surface area (Å²) in [4.78, 5) is 0. The molecule has 0 N–H and O–H groups in total. The minimum atomic E-state index is -0.456. The second-order valence-corrected chi connectivity index (χ2v) is 4.69. The van der Waals surface area contributed by atoms with E-state index in [-0.39, 0.29) is 0 Å². The zero-order valence-corrected chi connectivity index (χ0v) is 6.25. The van der Waals surface area contributed by atoms with Crippen LogP contribution in [0.4, 0.5) is 0 Å². The fourth-order valence-electron chi connectivity index (χ4n) is 0.369. The van der Waals surface area contributed by atoms with Crippen molar-refractivity contribution in [2.24, 2.45) is 0 Å². The van der Waals surface area contributed by atoms with Crippen LogP contribution in [0, 0.1) is 12.1 Å². The van der Waals surface area contributed by atoms with Crippen molar-refractivity contribution in [2.45, 2.75) is 6.92 Å². The van der Waals surface area contributed by atoms with Crippen molar-refractivity contribution in [3.8, 4) is 0 Å². The summed E-state index contributed by atoms with van der Waals surface area (Å²) < 4.78 is 2.31. The molecule has 2 nitrogen and oxygen atoms in total. The van der Waals surface area contributed by atoms with E-state index in [1.807, 2.05) is 13.0 Å². The standard InChI is InChI=1S/C4H5NOTe/c1-4-2-3-5(6)7-4/h2-3H,1H3. The van der Waals surface area contributed by atoms with Gasteiger partial charge in [0.15, 0.2) is 0 Å². The van der Waals surface area contributed by atoms with Crippen LogP contribution in [0.3, 0.4) is 0 Å². The second kappa shape index (κ2) is 1.85. The predicted octanol–water partition coefficient (Wildman–Crippen LogP) is -0.315. The summed E-state index contributed by atoms with van der Waals surface area (Å²) in [6.45, 7) is 2.00. The molecule has 1 aromatic heterocycles. The van der Waals surface area contributed by atoms with Gasteiger partial charge in [0.1, 0.15) is 0 Å². The fourth-order valence-corrected chi connectivity index (χ4v) is 1.87. The zero-order chi connectivity index (χ0) is 5.28. The van der Waals surface area contributed by atoms with Crippen molar-refractivity contribution in [3.63, 3.8) is 0 Å². The summed E-state index contributed by atoms with van der Waals surface area (Å²) in [5, 5.41) is 10.3. The third-order valence-corrected chi connectivity index (χ3v) is 2.74. The average Bonchev–Trinajstić information content (AvgIpc) is 1.87. The Morgan fingerprint density at radius 2 is 2.57 bits per heavy atom. The number of hydrogen-bond donors (Lipinski definition) is 0. The molecule has 38 valence electrons. The van der Waals surface area contributed by atoms with Crippen LogP contribution in [0.15, 0.2) is 12.3 Å². The molecular weight excluding hydrogens is 206 g/mol. The molecule has 7 heavy (non-hydrogen) atoms. The topological polar surface area (TPSA) is 26.9 Å². The molecule has 1 heterocycles. The van der Waals surface area contributed by atoms with E-state index in [0.29, 0.717) is 0 Å². The molecule has 0 aliphatic rings. The molecule has 0 radical (unpaired) electrons. The average molecular weight is 211 g/mol. The van der Waals surface area contributed by atoms with Crippen LogP contribution >= 0.6 is 0 Å². The van der Waals surface area contributed by atoms with Crippen molar-refractivity contribution in [1.29, 1.82) is 0 Å². The van der Waals surface area contributed by atoms with Crippen LogP contribution in [0.1, 0.15) is 3.58 Å². The van der Waals surface area contributed by atoms with E-state index in [0.717, 1.165) is 2.95 Å². The summed E-state index contributed by atoms with van der Waals surface area (Å²) in [5.41, 5.74) is 0. The Labute approximate surface area is 52.0 Å². The molecule has 0 saturated heterocycles. The molecule has 0 atom stereocenters. The molecule has 0 aliphatic heterocycles. The summed E-state index contributed by atoms with van der Waals surface area (Å²) in [7, 11) is 0. The number of aromatic nitrogens is 1. The second-order valence-electron chi connectivity index (χ2n) is 1.30. The van der Waals surface area contributed by atoms with Crippen LogP contribution in [-0.2, 0) is 0 Å². The Balaban J connectivity index is 3.04. The fraction of sp³-hybridized carbons (Fsp3) is 0.250. The molecule has 0 spiro atoms. The SMILES string of the molecule is Cc1cc[n+]([O-])[te]1. The van der Waals surface area contributed by atoms with Gasteiger partial charge in [-0.1, -0.05) is 0 Å². The van der Waals surface area contributed by atoms with Gasteiger partial charge in [0.05, 0.1) is 0 Å². The summed E-state index contributed by atoms with van der Waals surface area (Å²) in [6, 6.07) is 1.88. The summed E-state index contributed by atoms with van der Waals surface area (Å²) in [5.74, 6) is 0. The van der Waals surface area contributed by atoms with Crippen LogP contribution in [-0.4, -0.2) is 20.7 Å². The van der Waals surface area contributed by atoms with Crippen LogP contribution in [0.25, 0.3) is 0 Å². The van der Waals surface area contributed by atoms with Gasteiger partial charge in [-0.05, 0) is 0 Å². The van der Waals surface area contributed by atoms with Crippen molar-refractivity contribution in [3.05, 3.63) is 21.0 Å². The van der Waals surface area contributed by atoms with Crippen molar-refractivity contribution < 1.29 is 2.95 Å². The Morgan fingerprint density at radius 1 is 1.86 bits per heavy atom. The van der Waals surface area contributed by atoms with E-state index in [1.165, 1.54) is 3.58 Å². The molecule has 0 fully saturated rings. The van der Waals surface area contributed by atoms with E-state index in [9.17, 15) is 5.21 Å². The molecular formula is C4H5NOTe. The Kier molecular flexibility index (Phi) is 1.36. The zero-order valence-electron chi connectivity index (χ0n) is 3.92. The van der Waals surface area contributed by atoms with Gasteiger partial charge < -0.3 is 0 Å². The number of aryl methyl sites for hydroxylation is 1. The predicted molar refractivity (Wildman–Crippen MR) is 27.1 cm³/mol. The number of nitrogens with zero attached hydrogens (tertiary/aromatic N) is 1. The molecule has 1 rings (SSSR count). The van der Waals surface area contributed by atoms with Crippen molar-refractivity contribution in [1.82, 2.24) is 0 Å². The van der Waals surface area contributed by atoms with Crippen LogP contribution in [0.5, 0.6) is 0 Å². The van der Waals surface area contributed by atoms with Crippen LogP contribution in [0.2, 0.25) is 0 Å². The first-order valence-electron chi connectivity index (χ1n) is 1.95. The van der Waals surface area contributed by atoms with Gasteiger partial charge in [0.25, 0.3) is 0 Å². The molecule has 1 aromatic rings. The van der Waals surface area contributed by atoms with E-state index in [1.54, 1.807) is 6.20 Å². The molecule has 0 amide bonds. The first kappa shape index (κ1) is 5.14.